The quantitative estimate of drug-likeness (QED) is 0.793. The van der Waals surface area contributed by atoms with Crippen molar-refractivity contribution >= 4 is 17.3 Å². The normalized spacial score (nSPS) is 13.4. The highest BCUT2D eigenvalue weighted by molar-refractivity contribution is 6.08. The number of nitrogens with two attached hydrogens (primary N) is 1. The van der Waals surface area contributed by atoms with Gasteiger partial charge in [0.2, 0.25) is 0 Å². The Balaban J connectivity index is 1.98. The number of aryl methyl sites for hydroxylation is 1. The van der Waals surface area contributed by atoms with E-state index >= 15 is 0 Å². The average molecular weight is 252 g/mol. The molecule has 19 heavy (non-hydrogen) atoms. The molecule has 3 heteroatoms. The number of benzene rings is 2. The predicted octanol–water partition coefficient (Wildman–Crippen LogP) is 2.78. The van der Waals surface area contributed by atoms with Crippen molar-refractivity contribution < 1.29 is 4.79 Å². The van der Waals surface area contributed by atoms with Gasteiger partial charge < -0.3 is 10.6 Å². The van der Waals surface area contributed by atoms with Crippen LogP contribution in [-0.2, 0) is 6.42 Å². The predicted molar refractivity (Wildman–Crippen MR) is 77.4 cm³/mol. The number of anilines is 2. The molecule has 0 fully saturated rings. The summed E-state index contributed by atoms with van der Waals surface area (Å²) in [6, 6.07) is 13.5. The molecule has 1 aliphatic rings. The molecule has 1 amide bonds. The van der Waals surface area contributed by atoms with Crippen molar-refractivity contribution in [2.75, 3.05) is 17.2 Å². The third-order valence-electron chi connectivity index (χ3n) is 3.61. The van der Waals surface area contributed by atoms with E-state index in [1.807, 2.05) is 42.2 Å². The Hall–Kier alpha value is -2.29. The Morgan fingerprint density at radius 3 is 2.79 bits per heavy atom. The van der Waals surface area contributed by atoms with Gasteiger partial charge in [0.25, 0.3) is 5.91 Å². The van der Waals surface area contributed by atoms with E-state index in [1.165, 1.54) is 5.56 Å². The first-order chi connectivity index (χ1) is 9.16. The molecule has 0 atom stereocenters. The lowest BCUT2D eigenvalue weighted by molar-refractivity contribution is 0.0989. The second-order valence-electron chi connectivity index (χ2n) is 4.91. The van der Waals surface area contributed by atoms with Gasteiger partial charge in [-0.1, -0.05) is 18.2 Å². The molecule has 0 aromatic heterocycles. The van der Waals surface area contributed by atoms with Crippen LogP contribution in [0.25, 0.3) is 0 Å². The second kappa shape index (κ2) is 4.43. The van der Waals surface area contributed by atoms with Crippen molar-refractivity contribution in [3.63, 3.8) is 0 Å². The molecule has 3 rings (SSSR count). The average Bonchev–Trinajstić information content (AvgIpc) is 2.82. The Kier molecular flexibility index (Phi) is 2.75. The fourth-order valence-electron chi connectivity index (χ4n) is 2.62. The maximum absolute atomic E-state index is 12.6. The van der Waals surface area contributed by atoms with Crippen molar-refractivity contribution in [1.29, 1.82) is 0 Å². The largest absolute Gasteiger partial charge is 0.399 e. The summed E-state index contributed by atoms with van der Waals surface area (Å²) in [7, 11) is 0. The summed E-state index contributed by atoms with van der Waals surface area (Å²) >= 11 is 0. The third kappa shape index (κ3) is 1.97. The van der Waals surface area contributed by atoms with Gasteiger partial charge in [0.15, 0.2) is 0 Å². The van der Waals surface area contributed by atoms with E-state index in [4.69, 9.17) is 5.73 Å². The highest BCUT2D eigenvalue weighted by Gasteiger charge is 2.25. The standard InChI is InChI=1S/C16H16N2O/c1-11-10-13(17)6-7-14(11)16(19)18-9-8-12-4-2-3-5-15(12)18/h2-7,10H,8-9,17H2,1H3. The van der Waals surface area contributed by atoms with E-state index in [2.05, 4.69) is 6.07 Å². The van der Waals surface area contributed by atoms with Crippen LogP contribution in [0, 0.1) is 6.92 Å². The Morgan fingerprint density at radius 1 is 1.21 bits per heavy atom. The van der Waals surface area contributed by atoms with Crippen LogP contribution in [0.1, 0.15) is 21.5 Å². The topological polar surface area (TPSA) is 46.3 Å². The van der Waals surface area contributed by atoms with E-state index in [0.717, 1.165) is 29.8 Å². The maximum atomic E-state index is 12.6. The first-order valence-electron chi connectivity index (χ1n) is 6.43. The molecule has 0 aliphatic carbocycles. The van der Waals surface area contributed by atoms with Gasteiger partial charge in [-0.05, 0) is 48.7 Å². The van der Waals surface area contributed by atoms with Crippen molar-refractivity contribution in [2.24, 2.45) is 0 Å². The molecule has 2 aromatic rings. The Morgan fingerprint density at radius 2 is 2.00 bits per heavy atom. The molecular weight excluding hydrogens is 236 g/mol. The number of rotatable bonds is 1. The Labute approximate surface area is 112 Å². The summed E-state index contributed by atoms with van der Waals surface area (Å²) < 4.78 is 0. The number of carbonyl (C=O) groups is 1. The summed E-state index contributed by atoms with van der Waals surface area (Å²) in [5, 5.41) is 0. The minimum absolute atomic E-state index is 0.0578. The zero-order valence-corrected chi connectivity index (χ0v) is 10.9. The van der Waals surface area contributed by atoms with Gasteiger partial charge in [0.05, 0.1) is 0 Å². The summed E-state index contributed by atoms with van der Waals surface area (Å²) in [6.07, 6.45) is 0.927. The molecule has 2 aromatic carbocycles. The van der Waals surface area contributed by atoms with E-state index < -0.39 is 0 Å². The van der Waals surface area contributed by atoms with Gasteiger partial charge in [0, 0.05) is 23.5 Å². The van der Waals surface area contributed by atoms with Gasteiger partial charge in [-0.3, -0.25) is 4.79 Å². The van der Waals surface area contributed by atoms with Gasteiger partial charge in [-0.25, -0.2) is 0 Å². The molecule has 0 saturated heterocycles. The lowest BCUT2D eigenvalue weighted by Crippen LogP contribution is -2.29. The van der Waals surface area contributed by atoms with Crippen LogP contribution < -0.4 is 10.6 Å². The number of nitrogen functional groups attached to an aromatic ring is 1. The van der Waals surface area contributed by atoms with E-state index in [9.17, 15) is 4.79 Å². The van der Waals surface area contributed by atoms with E-state index in [-0.39, 0.29) is 5.91 Å². The summed E-state index contributed by atoms with van der Waals surface area (Å²) in [5.74, 6) is 0.0578. The number of carbonyl (C=O) groups excluding carboxylic acids is 1. The molecule has 0 saturated carbocycles. The third-order valence-corrected chi connectivity index (χ3v) is 3.61. The van der Waals surface area contributed by atoms with Gasteiger partial charge >= 0.3 is 0 Å². The molecule has 0 unspecified atom stereocenters. The molecule has 3 nitrogen and oxygen atoms in total. The van der Waals surface area contributed by atoms with Crippen molar-refractivity contribution in [3.05, 3.63) is 59.2 Å². The first kappa shape index (κ1) is 11.8. The van der Waals surface area contributed by atoms with Crippen LogP contribution in [0.3, 0.4) is 0 Å². The molecule has 0 bridgehead atoms. The zero-order chi connectivity index (χ0) is 13.4. The number of amides is 1. The minimum atomic E-state index is 0.0578. The van der Waals surface area contributed by atoms with Gasteiger partial charge in [-0.2, -0.15) is 0 Å². The maximum Gasteiger partial charge on any atom is 0.258 e. The Bertz CT molecular complexity index is 649. The number of fused-ring (bicyclic) bond motifs is 1. The lowest BCUT2D eigenvalue weighted by atomic mass is 10.1. The molecule has 96 valence electrons. The summed E-state index contributed by atoms with van der Waals surface area (Å²) in [6.45, 7) is 2.67. The highest BCUT2D eigenvalue weighted by Crippen LogP contribution is 2.29. The molecular formula is C16H16N2O. The molecule has 0 spiro atoms. The van der Waals surface area contributed by atoms with Crippen LogP contribution >= 0.6 is 0 Å². The van der Waals surface area contributed by atoms with Gasteiger partial charge in [-0.15, -0.1) is 0 Å². The first-order valence-corrected chi connectivity index (χ1v) is 6.43. The number of para-hydroxylation sites is 1. The van der Waals surface area contributed by atoms with E-state index in [0.29, 0.717) is 5.69 Å². The van der Waals surface area contributed by atoms with Crippen molar-refractivity contribution in [1.82, 2.24) is 0 Å². The molecule has 2 N–H and O–H groups in total. The SMILES string of the molecule is Cc1cc(N)ccc1C(=O)N1CCc2ccccc21. The van der Waals surface area contributed by atoms with Crippen LogP contribution in [0.2, 0.25) is 0 Å². The van der Waals surface area contributed by atoms with Crippen LogP contribution in [0.5, 0.6) is 0 Å². The van der Waals surface area contributed by atoms with Crippen LogP contribution in [0.4, 0.5) is 11.4 Å². The second-order valence-corrected chi connectivity index (χ2v) is 4.91. The van der Waals surface area contributed by atoms with Crippen LogP contribution in [0.15, 0.2) is 42.5 Å². The van der Waals surface area contributed by atoms with Gasteiger partial charge in [0.1, 0.15) is 0 Å². The van der Waals surface area contributed by atoms with E-state index in [1.54, 1.807) is 6.07 Å². The lowest BCUT2D eigenvalue weighted by Gasteiger charge is -2.18. The number of hydrogen-bond acceptors (Lipinski definition) is 2. The van der Waals surface area contributed by atoms with Crippen molar-refractivity contribution in [3.8, 4) is 0 Å². The number of nitrogens with zero attached hydrogens (tertiary/aromatic N) is 1. The smallest absolute Gasteiger partial charge is 0.258 e. The molecule has 1 heterocycles. The minimum Gasteiger partial charge on any atom is -0.399 e. The monoisotopic (exact) mass is 252 g/mol. The summed E-state index contributed by atoms with van der Waals surface area (Å²) in [5.41, 5.74) is 10.3. The fourth-order valence-corrected chi connectivity index (χ4v) is 2.62. The molecule has 0 radical (unpaired) electrons. The highest BCUT2D eigenvalue weighted by atomic mass is 16.2. The summed E-state index contributed by atoms with van der Waals surface area (Å²) in [4.78, 5) is 14.5. The van der Waals surface area contributed by atoms with Crippen molar-refractivity contribution in [2.45, 2.75) is 13.3 Å². The van der Waals surface area contributed by atoms with Crippen LogP contribution in [-0.4, -0.2) is 12.5 Å². The molecule has 1 aliphatic heterocycles. The fraction of sp³-hybridized carbons (Fsp3) is 0.188. The number of hydrogen-bond donors (Lipinski definition) is 1. The zero-order valence-electron chi connectivity index (χ0n) is 10.9.